The highest BCUT2D eigenvalue weighted by molar-refractivity contribution is 7.94. The maximum Gasteiger partial charge on any atom is 0.200 e. The third-order valence-corrected chi connectivity index (χ3v) is 4.43. The molecule has 1 aliphatic heterocycles. The Kier molecular flexibility index (Phi) is 4.20. The number of methoxy groups -OCH3 is 2. The fourth-order valence-corrected chi connectivity index (χ4v) is 3.27. The van der Waals surface area contributed by atoms with E-state index in [9.17, 15) is 13.5 Å². The number of phenols is 1. The molecule has 0 bridgehead atoms. The van der Waals surface area contributed by atoms with Crippen molar-refractivity contribution in [2.45, 2.75) is 12.6 Å². The van der Waals surface area contributed by atoms with Gasteiger partial charge in [-0.1, -0.05) is 6.08 Å². The van der Waals surface area contributed by atoms with Crippen molar-refractivity contribution in [3.8, 4) is 17.2 Å². The van der Waals surface area contributed by atoms with Gasteiger partial charge in [0.05, 0.1) is 20.0 Å². The number of aromatic hydroxyl groups is 1. The van der Waals surface area contributed by atoms with Crippen LogP contribution in [0, 0.1) is 0 Å². The van der Waals surface area contributed by atoms with Gasteiger partial charge in [0.25, 0.3) is 0 Å². The normalized spacial score (nSPS) is 20.0. The number of phenolic OH excluding ortho intramolecular Hbond substituents is 1. The van der Waals surface area contributed by atoms with Gasteiger partial charge in [0.2, 0.25) is 5.75 Å². The molecule has 1 aromatic carbocycles. The third-order valence-electron chi connectivity index (χ3n) is 3.04. The molecule has 20 heavy (non-hydrogen) atoms. The van der Waals surface area contributed by atoms with Crippen LogP contribution < -0.4 is 14.8 Å². The molecule has 0 saturated heterocycles. The molecule has 0 aromatic heterocycles. The van der Waals surface area contributed by atoms with Gasteiger partial charge in [-0.25, -0.2) is 8.42 Å². The van der Waals surface area contributed by atoms with E-state index in [2.05, 4.69) is 5.32 Å². The summed E-state index contributed by atoms with van der Waals surface area (Å²) < 4.78 is 32.7. The summed E-state index contributed by atoms with van der Waals surface area (Å²) in [5.74, 6) is 0.646. The van der Waals surface area contributed by atoms with Crippen molar-refractivity contribution in [2.75, 3.05) is 20.0 Å². The molecule has 1 unspecified atom stereocenters. The molecule has 0 amide bonds. The summed E-state index contributed by atoms with van der Waals surface area (Å²) in [4.78, 5) is 0. The van der Waals surface area contributed by atoms with Gasteiger partial charge in [0.1, 0.15) is 0 Å². The quantitative estimate of drug-likeness (QED) is 0.837. The lowest BCUT2D eigenvalue weighted by Gasteiger charge is -2.13. The number of hydrogen-bond donors (Lipinski definition) is 2. The van der Waals surface area contributed by atoms with Gasteiger partial charge in [-0.2, -0.15) is 0 Å². The first-order chi connectivity index (χ1) is 9.45. The van der Waals surface area contributed by atoms with Crippen LogP contribution in [0.3, 0.4) is 0 Å². The first-order valence-corrected chi connectivity index (χ1v) is 7.75. The van der Waals surface area contributed by atoms with Crippen LogP contribution in [-0.2, 0) is 16.4 Å². The highest BCUT2D eigenvalue weighted by Crippen LogP contribution is 2.37. The summed E-state index contributed by atoms with van der Waals surface area (Å²) in [5.41, 5.74) is 0.828. The molecular formula is C13H17NO5S. The Morgan fingerprint density at radius 1 is 1.30 bits per heavy atom. The van der Waals surface area contributed by atoms with Gasteiger partial charge < -0.3 is 19.9 Å². The standard InChI is InChI=1S/C13H17NO5S/c1-18-11-5-9(6-12(19-2)13(11)15)7-14-10-3-4-20(16,17)8-10/h3-6,10,14-15H,7-8H2,1-2H3. The van der Waals surface area contributed by atoms with Crippen LogP contribution in [0.5, 0.6) is 17.2 Å². The minimum atomic E-state index is -3.06. The molecule has 1 heterocycles. The van der Waals surface area contributed by atoms with Crippen molar-refractivity contribution < 1.29 is 23.0 Å². The van der Waals surface area contributed by atoms with E-state index in [1.165, 1.54) is 19.6 Å². The summed E-state index contributed by atoms with van der Waals surface area (Å²) in [6, 6.07) is 3.15. The van der Waals surface area contributed by atoms with Crippen LogP contribution in [0.2, 0.25) is 0 Å². The second-order valence-electron chi connectivity index (χ2n) is 4.49. The summed E-state index contributed by atoms with van der Waals surface area (Å²) in [7, 11) is -0.152. The molecule has 1 atom stereocenters. The summed E-state index contributed by atoms with van der Waals surface area (Å²) >= 11 is 0. The van der Waals surface area contributed by atoms with Crippen LogP contribution in [0.1, 0.15) is 5.56 Å². The summed E-state index contributed by atoms with van der Waals surface area (Å²) in [5, 5.41) is 14.1. The first-order valence-electron chi connectivity index (χ1n) is 6.03. The van der Waals surface area contributed by atoms with E-state index < -0.39 is 9.84 Å². The topological polar surface area (TPSA) is 84.9 Å². The van der Waals surface area contributed by atoms with E-state index in [1.807, 2.05) is 0 Å². The maximum absolute atomic E-state index is 11.3. The fraction of sp³-hybridized carbons (Fsp3) is 0.385. The van der Waals surface area contributed by atoms with Gasteiger partial charge in [-0.15, -0.1) is 0 Å². The molecule has 2 N–H and O–H groups in total. The molecule has 0 spiro atoms. The molecular weight excluding hydrogens is 282 g/mol. The largest absolute Gasteiger partial charge is 0.502 e. The predicted molar refractivity (Wildman–Crippen MR) is 74.8 cm³/mol. The molecule has 2 rings (SSSR count). The summed E-state index contributed by atoms with van der Waals surface area (Å²) in [6.45, 7) is 0.442. The highest BCUT2D eigenvalue weighted by atomic mass is 32.2. The second kappa shape index (κ2) is 5.72. The molecule has 1 aromatic rings. The predicted octanol–water partition coefficient (Wildman–Crippen LogP) is 0.810. The van der Waals surface area contributed by atoms with Gasteiger partial charge >= 0.3 is 0 Å². The van der Waals surface area contributed by atoms with E-state index in [0.717, 1.165) is 5.56 Å². The fourth-order valence-electron chi connectivity index (χ4n) is 2.00. The average Bonchev–Trinajstić information content (AvgIpc) is 2.77. The molecule has 6 nitrogen and oxygen atoms in total. The molecule has 0 aliphatic carbocycles. The zero-order valence-corrected chi connectivity index (χ0v) is 12.1. The number of benzene rings is 1. The minimum absolute atomic E-state index is 0.0536. The molecule has 7 heteroatoms. The molecule has 0 saturated carbocycles. The van der Waals surface area contributed by atoms with Gasteiger partial charge in [-0.3, -0.25) is 0 Å². The summed E-state index contributed by atoms with van der Waals surface area (Å²) in [6.07, 6.45) is 1.63. The van der Waals surface area contributed by atoms with Crippen molar-refractivity contribution in [3.63, 3.8) is 0 Å². The van der Waals surface area contributed by atoms with Gasteiger partial charge in [0.15, 0.2) is 21.3 Å². The lowest BCUT2D eigenvalue weighted by molar-refractivity contribution is 0.339. The SMILES string of the molecule is COc1cc(CNC2C=CS(=O)(=O)C2)cc(OC)c1O. The number of ether oxygens (including phenoxy) is 2. The zero-order valence-electron chi connectivity index (χ0n) is 11.3. The lowest BCUT2D eigenvalue weighted by Crippen LogP contribution is -2.29. The first kappa shape index (κ1) is 14.7. The van der Waals surface area contributed by atoms with E-state index in [1.54, 1.807) is 18.2 Å². The Morgan fingerprint density at radius 2 is 1.90 bits per heavy atom. The van der Waals surface area contributed by atoms with E-state index >= 15 is 0 Å². The Morgan fingerprint density at radius 3 is 2.35 bits per heavy atom. The van der Waals surface area contributed by atoms with Gasteiger partial charge in [0, 0.05) is 18.0 Å². The Bertz CT molecular complexity index is 599. The van der Waals surface area contributed by atoms with Crippen LogP contribution in [0.25, 0.3) is 0 Å². The van der Waals surface area contributed by atoms with E-state index in [-0.39, 0.29) is 17.5 Å². The smallest absolute Gasteiger partial charge is 0.200 e. The maximum atomic E-state index is 11.3. The lowest BCUT2D eigenvalue weighted by atomic mass is 10.1. The Labute approximate surface area is 117 Å². The van der Waals surface area contributed by atoms with Crippen molar-refractivity contribution >= 4 is 9.84 Å². The van der Waals surface area contributed by atoms with E-state index in [0.29, 0.717) is 18.0 Å². The Hall–Kier alpha value is -1.73. The van der Waals surface area contributed by atoms with Crippen molar-refractivity contribution in [1.29, 1.82) is 0 Å². The average molecular weight is 299 g/mol. The number of nitrogens with one attached hydrogen (secondary N) is 1. The van der Waals surface area contributed by atoms with Crippen LogP contribution in [-0.4, -0.2) is 39.5 Å². The van der Waals surface area contributed by atoms with Gasteiger partial charge in [-0.05, 0) is 17.7 Å². The Balaban J connectivity index is 2.09. The number of rotatable bonds is 5. The van der Waals surface area contributed by atoms with Crippen molar-refractivity contribution in [1.82, 2.24) is 5.32 Å². The minimum Gasteiger partial charge on any atom is -0.502 e. The molecule has 1 aliphatic rings. The number of hydrogen-bond acceptors (Lipinski definition) is 6. The highest BCUT2D eigenvalue weighted by Gasteiger charge is 2.21. The molecule has 0 fully saturated rings. The molecule has 0 radical (unpaired) electrons. The monoisotopic (exact) mass is 299 g/mol. The third kappa shape index (κ3) is 3.23. The van der Waals surface area contributed by atoms with E-state index in [4.69, 9.17) is 9.47 Å². The van der Waals surface area contributed by atoms with Crippen LogP contribution in [0.4, 0.5) is 0 Å². The molecule has 110 valence electrons. The van der Waals surface area contributed by atoms with Crippen molar-refractivity contribution in [2.24, 2.45) is 0 Å². The second-order valence-corrected chi connectivity index (χ2v) is 6.43. The zero-order chi connectivity index (χ0) is 14.8. The van der Waals surface area contributed by atoms with Crippen LogP contribution in [0.15, 0.2) is 23.6 Å². The van der Waals surface area contributed by atoms with Crippen LogP contribution >= 0.6 is 0 Å². The number of sulfone groups is 1. The van der Waals surface area contributed by atoms with Crippen molar-refractivity contribution in [3.05, 3.63) is 29.2 Å².